The third-order valence-electron chi connectivity index (χ3n) is 11.5. The van der Waals surface area contributed by atoms with Crippen molar-refractivity contribution in [3.8, 4) is 16.8 Å². The summed E-state index contributed by atoms with van der Waals surface area (Å²) >= 11 is 1.86. The minimum absolute atomic E-state index is 0.230. The number of rotatable bonds is 5. The smallest absolute Gasteiger partial charge is 0.155 e. The normalized spacial score (nSPS) is 15.8. The van der Waals surface area contributed by atoms with Gasteiger partial charge in [0.2, 0.25) is 0 Å². The van der Waals surface area contributed by atoms with Gasteiger partial charge in [-0.1, -0.05) is 121 Å². The lowest BCUT2D eigenvalue weighted by Crippen LogP contribution is -2.33. The summed E-state index contributed by atoms with van der Waals surface area (Å²) in [6.45, 7) is 0. The van der Waals surface area contributed by atoms with Gasteiger partial charge >= 0.3 is 0 Å². The molecule has 10 aromatic rings. The molecule has 57 heavy (non-hydrogen) atoms. The Morgan fingerprint density at radius 2 is 1.33 bits per heavy atom. The predicted molar refractivity (Wildman–Crippen MR) is 239 cm³/mol. The van der Waals surface area contributed by atoms with Crippen LogP contribution in [0.2, 0.25) is 0 Å². The third kappa shape index (κ3) is 5.21. The monoisotopic (exact) mass is 750 g/mol. The molecule has 1 aliphatic carbocycles. The minimum atomic E-state index is -0.230. The molecule has 270 valence electrons. The summed E-state index contributed by atoms with van der Waals surface area (Å²) < 4.78 is 11.6. The second-order valence-electron chi connectivity index (χ2n) is 14.9. The number of nitrogens with one attached hydrogen (secondary N) is 1. The molecular formula is C51H34N4OS. The van der Waals surface area contributed by atoms with E-state index in [0.29, 0.717) is 0 Å². The number of furan rings is 1. The van der Waals surface area contributed by atoms with Crippen molar-refractivity contribution in [3.05, 3.63) is 187 Å². The highest BCUT2D eigenvalue weighted by Crippen LogP contribution is 2.43. The van der Waals surface area contributed by atoms with Crippen molar-refractivity contribution in [2.24, 2.45) is 9.98 Å². The summed E-state index contributed by atoms with van der Waals surface area (Å²) in [4.78, 5) is 10.1. The van der Waals surface area contributed by atoms with Crippen molar-refractivity contribution < 1.29 is 4.42 Å². The zero-order valence-corrected chi connectivity index (χ0v) is 31.6. The van der Waals surface area contributed by atoms with Crippen LogP contribution in [0.3, 0.4) is 0 Å². The number of para-hydroxylation sites is 2. The molecule has 4 heterocycles. The summed E-state index contributed by atoms with van der Waals surface area (Å²) in [5.41, 5.74) is 10.9. The van der Waals surface area contributed by atoms with E-state index in [-0.39, 0.29) is 6.17 Å². The maximum Gasteiger partial charge on any atom is 0.155 e. The third-order valence-corrected chi connectivity index (χ3v) is 12.7. The van der Waals surface area contributed by atoms with E-state index in [1.165, 1.54) is 53.2 Å². The van der Waals surface area contributed by atoms with Gasteiger partial charge in [0, 0.05) is 53.0 Å². The number of hydrogen-bond acceptors (Lipinski definition) is 5. The van der Waals surface area contributed by atoms with E-state index < -0.39 is 0 Å². The average molecular weight is 751 g/mol. The van der Waals surface area contributed by atoms with Crippen LogP contribution in [-0.4, -0.2) is 16.2 Å². The number of hydrogen-bond donors (Lipinski definition) is 1. The van der Waals surface area contributed by atoms with Crippen LogP contribution < -0.4 is 5.32 Å². The van der Waals surface area contributed by atoms with Crippen LogP contribution in [0.25, 0.3) is 80.7 Å². The van der Waals surface area contributed by atoms with Crippen molar-refractivity contribution in [2.75, 3.05) is 0 Å². The predicted octanol–water partition coefficient (Wildman–Crippen LogP) is 13.4. The van der Waals surface area contributed by atoms with Gasteiger partial charge in [0.15, 0.2) is 5.84 Å². The Kier molecular flexibility index (Phi) is 7.22. The standard InChI is InChI=1S/C51H34N4OS/c1-3-12-31(13-4-1)49-52-50(32-14-5-2-6-15-32)54-51(53-49)34-23-26-40-39-25-22-33(28-45(39)56-46(40)29-34)36-18-11-19-42-41-27-24-35(30-47(41)57-48(36)42)55-43-20-9-7-16-37(43)38-17-8-10-21-44(38)55/h1-5,7-14,16-30,49H,6,15H2,(H,52,53,54). The maximum absolute atomic E-state index is 6.67. The van der Waals surface area contributed by atoms with E-state index in [4.69, 9.17) is 14.4 Å². The number of amidine groups is 2. The van der Waals surface area contributed by atoms with Crippen LogP contribution in [0.4, 0.5) is 0 Å². The molecule has 0 bridgehead atoms. The summed E-state index contributed by atoms with van der Waals surface area (Å²) in [5.74, 6) is 1.58. The molecule has 0 saturated carbocycles. The minimum Gasteiger partial charge on any atom is -0.456 e. The first-order valence-electron chi connectivity index (χ1n) is 19.5. The van der Waals surface area contributed by atoms with Gasteiger partial charge < -0.3 is 14.3 Å². The summed E-state index contributed by atoms with van der Waals surface area (Å²) in [6, 6.07) is 54.4. The van der Waals surface area contributed by atoms with Gasteiger partial charge in [0.1, 0.15) is 23.2 Å². The van der Waals surface area contributed by atoms with E-state index in [0.717, 1.165) is 68.7 Å². The summed E-state index contributed by atoms with van der Waals surface area (Å²) in [6.07, 6.45) is 8.13. The first-order valence-corrected chi connectivity index (χ1v) is 20.3. The molecule has 0 fully saturated rings. The van der Waals surface area contributed by atoms with Crippen LogP contribution in [-0.2, 0) is 0 Å². The van der Waals surface area contributed by atoms with Crippen molar-refractivity contribution in [2.45, 2.75) is 19.0 Å². The second-order valence-corrected chi connectivity index (χ2v) is 15.9. The number of benzene rings is 7. The molecule has 1 N–H and O–H groups in total. The molecule has 12 rings (SSSR count). The number of nitrogens with zero attached hydrogens (tertiary/aromatic N) is 3. The molecule has 0 amide bonds. The number of aliphatic imine (C=N–C) groups is 2. The number of aromatic nitrogens is 1. The van der Waals surface area contributed by atoms with Crippen molar-refractivity contribution in [1.29, 1.82) is 0 Å². The van der Waals surface area contributed by atoms with E-state index in [2.05, 4.69) is 174 Å². The maximum atomic E-state index is 6.67. The highest BCUT2D eigenvalue weighted by Gasteiger charge is 2.23. The van der Waals surface area contributed by atoms with Crippen LogP contribution in [0, 0.1) is 0 Å². The van der Waals surface area contributed by atoms with Crippen molar-refractivity contribution in [3.63, 3.8) is 0 Å². The Labute approximate surface area is 332 Å². The fourth-order valence-corrected chi connectivity index (χ4v) is 10.1. The molecule has 0 saturated heterocycles. The lowest BCUT2D eigenvalue weighted by atomic mass is 10.0. The van der Waals surface area contributed by atoms with Gasteiger partial charge in [-0.25, -0.2) is 9.98 Å². The largest absolute Gasteiger partial charge is 0.456 e. The van der Waals surface area contributed by atoms with Gasteiger partial charge in [0.05, 0.1) is 11.0 Å². The Morgan fingerprint density at radius 1 is 0.632 bits per heavy atom. The van der Waals surface area contributed by atoms with Crippen molar-refractivity contribution in [1.82, 2.24) is 9.88 Å². The van der Waals surface area contributed by atoms with Crippen LogP contribution >= 0.6 is 11.3 Å². The van der Waals surface area contributed by atoms with Crippen molar-refractivity contribution >= 4 is 86.9 Å². The molecule has 1 aliphatic heterocycles. The van der Waals surface area contributed by atoms with Gasteiger partial charge in [-0.05, 0) is 83.6 Å². The zero-order valence-electron chi connectivity index (χ0n) is 30.8. The summed E-state index contributed by atoms with van der Waals surface area (Å²) in [7, 11) is 0. The average Bonchev–Trinajstić information content (AvgIpc) is 3.95. The van der Waals surface area contributed by atoms with Crippen LogP contribution in [0.1, 0.15) is 30.1 Å². The highest BCUT2D eigenvalue weighted by molar-refractivity contribution is 7.26. The number of thiophene rings is 1. The van der Waals surface area contributed by atoms with Gasteiger partial charge in [-0.15, -0.1) is 11.3 Å². The van der Waals surface area contributed by atoms with E-state index in [9.17, 15) is 0 Å². The SMILES string of the molecule is C1=CCCC(C2=NC(c3ccccc3)NC(c3ccc4c(c3)oc3cc(-c5cccc6c5sc5cc(-n7c8ccccc8c8ccccc87)ccc56)ccc34)=N2)=C1. The summed E-state index contributed by atoms with van der Waals surface area (Å²) in [5, 5.41) is 10.9. The van der Waals surface area contributed by atoms with Gasteiger partial charge in [-0.2, -0.15) is 0 Å². The Bertz CT molecular complexity index is 3340. The molecule has 3 aromatic heterocycles. The van der Waals surface area contributed by atoms with E-state index in [1.807, 2.05) is 17.4 Å². The first-order chi connectivity index (χ1) is 28.2. The lowest BCUT2D eigenvalue weighted by molar-refractivity contribution is 0.666. The quantitative estimate of drug-likeness (QED) is 0.190. The Morgan fingerprint density at radius 3 is 2.11 bits per heavy atom. The molecule has 7 aromatic carbocycles. The molecule has 6 heteroatoms. The fourth-order valence-electron chi connectivity index (χ4n) is 8.78. The zero-order chi connectivity index (χ0) is 37.5. The molecule has 0 radical (unpaired) electrons. The second kappa shape index (κ2) is 12.8. The Hall–Kier alpha value is -7.02. The fraction of sp³-hybridized carbons (Fsp3) is 0.0588. The number of allylic oxidation sites excluding steroid dienone is 3. The molecule has 0 spiro atoms. The molecule has 5 nitrogen and oxygen atoms in total. The number of fused-ring (bicyclic) bond motifs is 9. The Balaban J connectivity index is 0.929. The molecule has 1 unspecified atom stereocenters. The van der Waals surface area contributed by atoms with E-state index >= 15 is 0 Å². The molecule has 1 atom stereocenters. The molecular weight excluding hydrogens is 717 g/mol. The van der Waals surface area contributed by atoms with E-state index in [1.54, 1.807) is 0 Å². The van der Waals surface area contributed by atoms with Gasteiger partial charge in [-0.3, -0.25) is 0 Å². The first kappa shape index (κ1) is 32.2. The topological polar surface area (TPSA) is 54.8 Å². The van der Waals surface area contributed by atoms with Gasteiger partial charge in [0.25, 0.3) is 0 Å². The molecule has 2 aliphatic rings. The highest BCUT2D eigenvalue weighted by atomic mass is 32.1. The van der Waals surface area contributed by atoms with Crippen LogP contribution in [0.15, 0.2) is 190 Å². The van der Waals surface area contributed by atoms with Crippen LogP contribution in [0.5, 0.6) is 0 Å². The lowest BCUT2D eigenvalue weighted by Gasteiger charge is -2.24.